The summed E-state index contributed by atoms with van der Waals surface area (Å²) >= 11 is 8.13. The van der Waals surface area contributed by atoms with Gasteiger partial charge in [0.2, 0.25) is 17.8 Å². The number of thiophene rings is 1. The molecule has 2 N–H and O–H groups in total. The fourth-order valence-electron chi connectivity index (χ4n) is 9.18. The minimum atomic E-state index is -0.608. The van der Waals surface area contributed by atoms with Gasteiger partial charge in [-0.3, -0.25) is 24.4 Å². The quantitative estimate of drug-likeness (QED) is 0.0674. The van der Waals surface area contributed by atoms with E-state index < -0.39 is 11.9 Å². The number of aryl methyl sites for hydroxylation is 1. The number of imide groups is 1. The number of nitrogens with one attached hydrogen (secondary N) is 2. The number of hydrogen-bond acceptors (Lipinski definition) is 11. The molecule has 8 rings (SSSR count). The molecule has 4 aromatic rings. The van der Waals surface area contributed by atoms with Gasteiger partial charge in [-0.1, -0.05) is 43.0 Å². The van der Waals surface area contributed by atoms with Crippen LogP contribution in [0.4, 0.5) is 5.95 Å². The predicted molar refractivity (Wildman–Crippen MR) is 239 cm³/mol. The van der Waals surface area contributed by atoms with Crippen molar-refractivity contribution in [2.45, 2.75) is 128 Å². The van der Waals surface area contributed by atoms with Crippen molar-refractivity contribution < 1.29 is 19.1 Å². The van der Waals surface area contributed by atoms with Crippen LogP contribution >= 0.6 is 22.9 Å². The molecule has 4 aliphatic rings. The van der Waals surface area contributed by atoms with Gasteiger partial charge in [0.1, 0.15) is 18.4 Å². The molecule has 13 nitrogen and oxygen atoms in total. The molecule has 1 atom stereocenters. The van der Waals surface area contributed by atoms with E-state index in [9.17, 15) is 14.4 Å². The second-order valence-electron chi connectivity index (χ2n) is 17.7. The monoisotopic (exact) mass is 869 g/mol. The van der Waals surface area contributed by atoms with E-state index in [1.807, 2.05) is 35.4 Å². The van der Waals surface area contributed by atoms with Crippen LogP contribution in [0.2, 0.25) is 5.02 Å². The molecular formula is C46H60ClN9O4S. The highest BCUT2D eigenvalue weighted by atomic mass is 35.5. The summed E-state index contributed by atoms with van der Waals surface area (Å²) < 4.78 is 8.10. The Kier molecular flexibility index (Phi) is 14.0. The van der Waals surface area contributed by atoms with Crippen molar-refractivity contribution in [1.82, 2.24) is 39.8 Å². The number of unbranched alkanes of at least 4 members (excludes halogenated alkanes) is 4. The third-order valence-electron chi connectivity index (χ3n) is 13.1. The number of amides is 3. The second-order valence-corrected chi connectivity index (χ2v) is 19.1. The highest BCUT2D eigenvalue weighted by molar-refractivity contribution is 7.10. The summed E-state index contributed by atoms with van der Waals surface area (Å²) in [4.78, 5) is 54.0. The zero-order valence-corrected chi connectivity index (χ0v) is 37.4. The lowest BCUT2D eigenvalue weighted by Crippen LogP contribution is -2.52. The standard InChI is InChI=1S/C46H60ClN9O4S/c1-53(26-31-11-17-34(18-12-31)60-28-41-36-27-56(45(59)37(36)29-61-41)39-19-20-42(57)51-44(39)58)21-7-5-4-6-8-22-54(2)33-15-13-32(14-16-33)50-46-48-25-38(47)43(52-46)35-24-49-55(3)40(35)23-30-9-10-30/h11-12,17-18,24-25,29-30,32-33,39H,4-10,13-16,19-23,26-28H2,1-3H3,(H,48,50,52)(H,51,57,58)/t32-,33-,39-/m0/s1. The van der Waals surface area contributed by atoms with Gasteiger partial charge in [-0.15, -0.1) is 11.3 Å². The Morgan fingerprint density at radius 1 is 0.934 bits per heavy atom. The van der Waals surface area contributed by atoms with Gasteiger partial charge in [0.25, 0.3) is 5.91 Å². The molecule has 3 fully saturated rings. The normalized spacial score (nSPS) is 20.5. The number of nitrogens with zero attached hydrogens (tertiary/aromatic N) is 7. The molecule has 1 saturated heterocycles. The number of carbonyl (C=O) groups is 3. The van der Waals surface area contributed by atoms with Crippen molar-refractivity contribution in [3.8, 4) is 17.0 Å². The molecule has 61 heavy (non-hydrogen) atoms. The number of fused-ring (bicyclic) bond motifs is 1. The third-order valence-corrected chi connectivity index (χ3v) is 14.4. The fraction of sp³-hybridized carbons (Fsp3) is 0.565. The molecule has 0 spiro atoms. The van der Waals surface area contributed by atoms with Gasteiger partial charge in [0, 0.05) is 65.7 Å². The lowest BCUT2D eigenvalue weighted by molar-refractivity contribution is -0.136. The Labute approximate surface area is 368 Å². The number of benzene rings is 1. The van der Waals surface area contributed by atoms with Crippen LogP contribution in [-0.2, 0) is 42.8 Å². The third kappa shape index (κ3) is 10.8. The average Bonchev–Trinajstić information content (AvgIpc) is 3.76. The lowest BCUT2D eigenvalue weighted by Gasteiger charge is -2.35. The topological polar surface area (TPSA) is 138 Å². The molecule has 2 aliphatic heterocycles. The van der Waals surface area contributed by atoms with Crippen LogP contribution in [0.25, 0.3) is 11.3 Å². The van der Waals surface area contributed by atoms with Gasteiger partial charge >= 0.3 is 0 Å². The molecule has 0 radical (unpaired) electrons. The summed E-state index contributed by atoms with van der Waals surface area (Å²) in [7, 11) is 6.49. The molecule has 5 heterocycles. The number of ether oxygens (including phenoxy) is 1. The van der Waals surface area contributed by atoms with Crippen molar-refractivity contribution in [3.05, 3.63) is 74.3 Å². The van der Waals surface area contributed by atoms with Gasteiger partial charge < -0.3 is 24.8 Å². The minimum absolute atomic E-state index is 0.150. The number of carbonyl (C=O) groups excluding carboxylic acids is 3. The Bertz CT molecular complexity index is 2160. The van der Waals surface area contributed by atoms with Gasteiger partial charge in [-0.2, -0.15) is 5.10 Å². The summed E-state index contributed by atoms with van der Waals surface area (Å²) in [5.74, 6) is 1.37. The first-order valence-corrected chi connectivity index (χ1v) is 23.5. The van der Waals surface area contributed by atoms with Crippen LogP contribution in [0.1, 0.15) is 116 Å². The number of anilines is 1. The molecule has 2 saturated carbocycles. The summed E-state index contributed by atoms with van der Waals surface area (Å²) in [6.45, 7) is 3.84. The molecule has 326 valence electrons. The first-order valence-electron chi connectivity index (χ1n) is 22.2. The van der Waals surface area contributed by atoms with Crippen LogP contribution in [-0.4, -0.2) is 97.5 Å². The van der Waals surface area contributed by atoms with Crippen molar-refractivity contribution >= 4 is 46.6 Å². The van der Waals surface area contributed by atoms with Crippen molar-refractivity contribution in [2.75, 3.05) is 32.5 Å². The van der Waals surface area contributed by atoms with E-state index in [1.54, 1.807) is 11.1 Å². The molecule has 0 bridgehead atoms. The van der Waals surface area contributed by atoms with Crippen molar-refractivity contribution in [3.63, 3.8) is 0 Å². The smallest absolute Gasteiger partial charge is 0.256 e. The summed E-state index contributed by atoms with van der Waals surface area (Å²) in [5.41, 5.74) is 5.81. The van der Waals surface area contributed by atoms with Crippen LogP contribution < -0.4 is 15.4 Å². The van der Waals surface area contributed by atoms with E-state index in [4.69, 9.17) is 21.3 Å². The second kappa shape index (κ2) is 19.8. The first-order chi connectivity index (χ1) is 29.6. The summed E-state index contributed by atoms with van der Waals surface area (Å²) in [5, 5.41) is 12.9. The number of rotatable bonds is 20. The SMILES string of the molecule is CN(CCCCCCCN(C)[C@H]1CC[C@H](Nc2ncc(Cl)c(-c3cnn(C)c3CC3CC3)n2)CC1)Cc1ccc(OCc2scc3c2CN([C@H]2CCC(=O)NC2=O)C3=O)cc1. The van der Waals surface area contributed by atoms with Crippen LogP contribution in [0.3, 0.4) is 0 Å². The maximum atomic E-state index is 13.1. The Hall–Kier alpha value is -4.37. The van der Waals surface area contributed by atoms with E-state index in [2.05, 4.69) is 56.7 Å². The highest BCUT2D eigenvalue weighted by Gasteiger charge is 2.40. The van der Waals surface area contributed by atoms with Gasteiger partial charge in [-0.05, 0) is 115 Å². The van der Waals surface area contributed by atoms with E-state index in [0.717, 1.165) is 72.3 Å². The Morgan fingerprint density at radius 2 is 1.69 bits per heavy atom. The first kappa shape index (κ1) is 43.3. The lowest BCUT2D eigenvalue weighted by atomic mass is 9.90. The molecule has 3 aromatic heterocycles. The zero-order valence-electron chi connectivity index (χ0n) is 35.8. The minimum Gasteiger partial charge on any atom is -0.488 e. The molecular weight excluding hydrogens is 810 g/mol. The van der Waals surface area contributed by atoms with E-state index >= 15 is 0 Å². The van der Waals surface area contributed by atoms with E-state index in [1.165, 1.54) is 80.4 Å². The van der Waals surface area contributed by atoms with Crippen molar-refractivity contribution in [1.29, 1.82) is 0 Å². The summed E-state index contributed by atoms with van der Waals surface area (Å²) in [6.07, 6.45) is 18.6. The summed E-state index contributed by atoms with van der Waals surface area (Å²) in [6, 6.07) is 8.65. The molecule has 2 aliphatic carbocycles. The molecule has 3 amide bonds. The van der Waals surface area contributed by atoms with Crippen molar-refractivity contribution in [2.24, 2.45) is 13.0 Å². The van der Waals surface area contributed by atoms with Crippen LogP contribution in [0.5, 0.6) is 5.75 Å². The van der Waals surface area contributed by atoms with E-state index in [0.29, 0.717) is 48.2 Å². The molecule has 0 unspecified atom stereocenters. The predicted octanol–water partition coefficient (Wildman–Crippen LogP) is 7.62. The Morgan fingerprint density at radius 3 is 2.44 bits per heavy atom. The zero-order chi connectivity index (χ0) is 42.5. The van der Waals surface area contributed by atoms with Gasteiger partial charge in [0.05, 0.1) is 28.7 Å². The highest BCUT2D eigenvalue weighted by Crippen LogP contribution is 2.38. The van der Waals surface area contributed by atoms with Gasteiger partial charge in [-0.25, -0.2) is 9.97 Å². The molecule has 15 heteroatoms. The number of hydrogen-bond donors (Lipinski definition) is 2. The van der Waals surface area contributed by atoms with Gasteiger partial charge in [0.15, 0.2) is 0 Å². The van der Waals surface area contributed by atoms with Crippen LogP contribution in [0.15, 0.2) is 42.0 Å². The average molecular weight is 871 g/mol. The maximum Gasteiger partial charge on any atom is 0.256 e. The maximum absolute atomic E-state index is 13.1. The number of aromatic nitrogens is 4. The largest absolute Gasteiger partial charge is 0.488 e. The van der Waals surface area contributed by atoms with Crippen LogP contribution in [0, 0.1) is 5.92 Å². The van der Waals surface area contributed by atoms with E-state index in [-0.39, 0.29) is 18.2 Å². The Balaban J connectivity index is 0.677. The number of halogens is 1. The molecule has 1 aromatic carbocycles. The fourth-order valence-corrected chi connectivity index (χ4v) is 10.3. The number of piperidine rings is 1.